The largest absolute Gasteiger partial charge is 0.481 e. The number of nitrogens with one attached hydrogen (secondary N) is 1. The van der Waals surface area contributed by atoms with Crippen LogP contribution in [0.25, 0.3) is 0 Å². The van der Waals surface area contributed by atoms with Crippen LogP contribution >= 0.6 is 0 Å². The number of hydrogen-bond acceptors (Lipinski definition) is 4. The summed E-state index contributed by atoms with van der Waals surface area (Å²) in [7, 11) is 1.36. The number of nitrogens with zero attached hydrogens (tertiary/aromatic N) is 1. The minimum absolute atomic E-state index is 0.0676. The molecular weight excluding hydrogens is 264 g/mol. The molecule has 2 amide bonds. The fourth-order valence-electron chi connectivity index (χ4n) is 1.97. The molecule has 0 spiro atoms. The van der Waals surface area contributed by atoms with Crippen molar-refractivity contribution in [1.29, 1.82) is 0 Å². The van der Waals surface area contributed by atoms with Crippen LogP contribution in [-0.2, 0) is 14.3 Å². The Balaban J connectivity index is 2.40. The first kappa shape index (κ1) is 16.3. The van der Waals surface area contributed by atoms with E-state index in [9.17, 15) is 14.4 Å². The van der Waals surface area contributed by atoms with Gasteiger partial charge in [-0.25, -0.2) is 4.79 Å². The molecule has 0 aromatic heterocycles. The average Bonchev–Trinajstić information content (AvgIpc) is 2.44. The second kappa shape index (κ2) is 6.58. The number of piperidine rings is 1. The van der Waals surface area contributed by atoms with Crippen molar-refractivity contribution in [2.24, 2.45) is 11.3 Å². The van der Waals surface area contributed by atoms with E-state index >= 15 is 0 Å². The number of carboxylic acids is 1. The van der Waals surface area contributed by atoms with Crippen LogP contribution in [0.2, 0.25) is 0 Å². The Morgan fingerprint density at radius 3 is 2.30 bits per heavy atom. The van der Waals surface area contributed by atoms with Crippen LogP contribution in [-0.4, -0.2) is 54.7 Å². The molecule has 0 bridgehead atoms. The second-order valence-electron chi connectivity index (χ2n) is 5.63. The summed E-state index contributed by atoms with van der Waals surface area (Å²) in [5.41, 5.74) is -1.00. The molecule has 1 aliphatic heterocycles. The first-order valence-electron chi connectivity index (χ1n) is 6.62. The number of carboxylic acid groups (broad SMARTS) is 1. The highest BCUT2D eigenvalue weighted by molar-refractivity contribution is 5.78. The zero-order valence-corrected chi connectivity index (χ0v) is 12.1. The van der Waals surface area contributed by atoms with Crippen LogP contribution in [0.15, 0.2) is 0 Å². The van der Waals surface area contributed by atoms with Crippen LogP contribution in [0, 0.1) is 11.3 Å². The van der Waals surface area contributed by atoms with E-state index in [0.29, 0.717) is 25.9 Å². The molecule has 1 saturated heterocycles. The highest BCUT2D eigenvalue weighted by atomic mass is 16.5. The topological polar surface area (TPSA) is 95.9 Å². The molecule has 1 heterocycles. The number of carbonyl (C=O) groups excluding carboxylic acids is 2. The van der Waals surface area contributed by atoms with Crippen molar-refractivity contribution >= 4 is 18.0 Å². The Morgan fingerprint density at radius 1 is 1.30 bits per heavy atom. The highest BCUT2D eigenvalue weighted by Crippen LogP contribution is 2.19. The van der Waals surface area contributed by atoms with Gasteiger partial charge < -0.3 is 20.1 Å². The zero-order chi connectivity index (χ0) is 15.3. The Morgan fingerprint density at radius 2 is 1.85 bits per heavy atom. The lowest BCUT2D eigenvalue weighted by molar-refractivity contribution is -0.147. The molecule has 0 saturated carbocycles. The van der Waals surface area contributed by atoms with Gasteiger partial charge in [0.25, 0.3) is 0 Å². The predicted molar refractivity (Wildman–Crippen MR) is 71.1 cm³/mol. The second-order valence-corrected chi connectivity index (χ2v) is 5.63. The number of aliphatic carboxylic acids is 1. The number of carbonyl (C=O) groups is 3. The molecule has 20 heavy (non-hydrogen) atoms. The lowest BCUT2D eigenvalue weighted by atomic mass is 9.94. The Kier molecular flexibility index (Phi) is 5.35. The molecule has 2 N–H and O–H groups in total. The molecule has 0 aliphatic carbocycles. The first-order chi connectivity index (χ1) is 9.27. The van der Waals surface area contributed by atoms with Crippen LogP contribution in [0.1, 0.15) is 26.7 Å². The SMILES string of the molecule is COC(=O)C1CCN(C(=O)NCC(C)(C)C(=O)O)CC1. The molecule has 0 atom stereocenters. The van der Waals surface area contributed by atoms with Gasteiger partial charge in [-0.3, -0.25) is 9.59 Å². The lowest BCUT2D eigenvalue weighted by Crippen LogP contribution is -2.48. The molecular formula is C13H22N2O5. The van der Waals surface area contributed by atoms with Crippen molar-refractivity contribution in [3.63, 3.8) is 0 Å². The van der Waals surface area contributed by atoms with Crippen molar-refractivity contribution in [3.05, 3.63) is 0 Å². The van der Waals surface area contributed by atoms with Crippen molar-refractivity contribution in [3.8, 4) is 0 Å². The van der Waals surface area contributed by atoms with Gasteiger partial charge in [0, 0.05) is 19.6 Å². The fraction of sp³-hybridized carbons (Fsp3) is 0.769. The van der Waals surface area contributed by atoms with Gasteiger partial charge in [-0.1, -0.05) is 0 Å². The van der Waals surface area contributed by atoms with Crippen LogP contribution in [0.5, 0.6) is 0 Å². The van der Waals surface area contributed by atoms with E-state index in [1.807, 2.05) is 0 Å². The minimum atomic E-state index is -1.00. The molecule has 0 aromatic rings. The predicted octanol–water partition coefficient (Wildman–Crippen LogP) is 0.692. The summed E-state index contributed by atoms with van der Waals surface area (Å²) < 4.78 is 4.68. The van der Waals surface area contributed by atoms with Gasteiger partial charge >= 0.3 is 18.0 Å². The number of rotatable bonds is 4. The van der Waals surface area contributed by atoms with Gasteiger partial charge in [0.05, 0.1) is 18.4 Å². The Hall–Kier alpha value is -1.79. The van der Waals surface area contributed by atoms with Crippen LogP contribution < -0.4 is 5.32 Å². The van der Waals surface area contributed by atoms with Crippen molar-refractivity contribution in [2.75, 3.05) is 26.7 Å². The number of esters is 1. The number of amides is 2. The number of ether oxygens (including phenoxy) is 1. The van der Waals surface area contributed by atoms with E-state index in [-0.39, 0.29) is 24.5 Å². The number of likely N-dealkylation sites (tertiary alicyclic amines) is 1. The van der Waals surface area contributed by atoms with Gasteiger partial charge in [0.2, 0.25) is 0 Å². The van der Waals surface area contributed by atoms with E-state index in [1.165, 1.54) is 7.11 Å². The molecule has 1 aliphatic rings. The smallest absolute Gasteiger partial charge is 0.317 e. The summed E-state index contributed by atoms with van der Waals surface area (Å²) in [5, 5.41) is 11.6. The third-order valence-electron chi connectivity index (χ3n) is 3.58. The molecule has 7 nitrogen and oxygen atoms in total. The zero-order valence-electron chi connectivity index (χ0n) is 12.1. The van der Waals surface area contributed by atoms with E-state index in [4.69, 9.17) is 5.11 Å². The highest BCUT2D eigenvalue weighted by Gasteiger charge is 2.31. The van der Waals surface area contributed by atoms with E-state index < -0.39 is 11.4 Å². The van der Waals surface area contributed by atoms with E-state index in [1.54, 1.807) is 18.7 Å². The van der Waals surface area contributed by atoms with Crippen molar-refractivity contribution < 1.29 is 24.2 Å². The Labute approximate surface area is 118 Å². The molecule has 0 radical (unpaired) electrons. The normalized spacial score (nSPS) is 16.6. The van der Waals surface area contributed by atoms with Crippen LogP contribution in [0.4, 0.5) is 4.79 Å². The third-order valence-corrected chi connectivity index (χ3v) is 3.58. The average molecular weight is 286 g/mol. The molecule has 0 aromatic carbocycles. The molecule has 114 valence electrons. The summed E-state index contributed by atoms with van der Waals surface area (Å²) in [6.07, 6.45) is 1.14. The summed E-state index contributed by atoms with van der Waals surface area (Å²) in [5.74, 6) is -1.35. The number of hydrogen-bond donors (Lipinski definition) is 2. The summed E-state index contributed by atoms with van der Waals surface area (Å²) in [6.45, 7) is 4.12. The fourth-order valence-corrected chi connectivity index (χ4v) is 1.97. The summed E-state index contributed by atoms with van der Waals surface area (Å²) in [6, 6.07) is -0.289. The maximum atomic E-state index is 11.9. The summed E-state index contributed by atoms with van der Waals surface area (Å²) in [4.78, 5) is 35.8. The quantitative estimate of drug-likeness (QED) is 0.741. The maximum Gasteiger partial charge on any atom is 0.317 e. The van der Waals surface area contributed by atoms with E-state index in [2.05, 4.69) is 10.1 Å². The maximum absolute atomic E-state index is 11.9. The van der Waals surface area contributed by atoms with Crippen LogP contribution in [0.3, 0.4) is 0 Å². The van der Waals surface area contributed by atoms with E-state index in [0.717, 1.165) is 0 Å². The molecule has 1 rings (SSSR count). The minimum Gasteiger partial charge on any atom is -0.481 e. The first-order valence-corrected chi connectivity index (χ1v) is 6.62. The Bertz CT molecular complexity index is 386. The van der Waals surface area contributed by atoms with Gasteiger partial charge in [-0.2, -0.15) is 0 Å². The third kappa shape index (κ3) is 4.11. The van der Waals surface area contributed by atoms with Gasteiger partial charge in [-0.05, 0) is 26.7 Å². The summed E-state index contributed by atoms with van der Waals surface area (Å²) >= 11 is 0. The monoisotopic (exact) mass is 286 g/mol. The molecule has 1 fully saturated rings. The standard InChI is InChI=1S/C13H22N2O5/c1-13(2,11(17)18)8-14-12(19)15-6-4-9(5-7-15)10(16)20-3/h9H,4-8H2,1-3H3,(H,14,19)(H,17,18). The van der Waals surface area contributed by atoms with Gasteiger partial charge in [0.15, 0.2) is 0 Å². The molecule has 0 unspecified atom stereocenters. The lowest BCUT2D eigenvalue weighted by Gasteiger charge is -2.31. The number of urea groups is 1. The van der Waals surface area contributed by atoms with Gasteiger partial charge in [-0.15, -0.1) is 0 Å². The van der Waals surface area contributed by atoms with Crippen molar-refractivity contribution in [2.45, 2.75) is 26.7 Å². The van der Waals surface area contributed by atoms with Gasteiger partial charge in [0.1, 0.15) is 0 Å². The molecule has 7 heteroatoms. The number of methoxy groups -OCH3 is 1. The van der Waals surface area contributed by atoms with Crippen molar-refractivity contribution in [1.82, 2.24) is 10.2 Å².